The second kappa shape index (κ2) is 6.76. The van der Waals surface area contributed by atoms with Crippen molar-refractivity contribution in [1.29, 1.82) is 0 Å². The SMILES string of the molecule is CCC(O)c1cc2n(n1)CCN(C(=O)c1cc(-c3ccccc3)on1)C2. The van der Waals surface area contributed by atoms with Gasteiger partial charge in [-0.1, -0.05) is 42.4 Å². The number of benzene rings is 1. The highest BCUT2D eigenvalue weighted by molar-refractivity contribution is 5.93. The molecule has 0 spiro atoms. The van der Waals surface area contributed by atoms with Crippen LogP contribution in [0.15, 0.2) is 47.0 Å². The number of carbonyl (C=O) groups is 1. The Labute approximate surface area is 150 Å². The monoisotopic (exact) mass is 352 g/mol. The number of aliphatic hydroxyl groups is 1. The summed E-state index contributed by atoms with van der Waals surface area (Å²) in [5.74, 6) is 0.408. The van der Waals surface area contributed by atoms with Crippen molar-refractivity contribution in [2.75, 3.05) is 6.54 Å². The molecule has 1 atom stereocenters. The van der Waals surface area contributed by atoms with Crippen molar-refractivity contribution in [3.8, 4) is 11.3 Å². The molecule has 3 aromatic rings. The molecule has 1 amide bonds. The van der Waals surface area contributed by atoms with Crippen molar-refractivity contribution < 1.29 is 14.4 Å². The van der Waals surface area contributed by atoms with Crippen molar-refractivity contribution in [1.82, 2.24) is 19.8 Å². The number of aliphatic hydroxyl groups excluding tert-OH is 1. The number of fused-ring (bicyclic) bond motifs is 1. The van der Waals surface area contributed by atoms with Gasteiger partial charge in [0.2, 0.25) is 0 Å². The lowest BCUT2D eigenvalue weighted by Crippen LogP contribution is -2.38. The minimum Gasteiger partial charge on any atom is -0.387 e. The molecule has 4 rings (SSSR count). The molecule has 0 aliphatic carbocycles. The van der Waals surface area contributed by atoms with Crippen LogP contribution in [0.5, 0.6) is 0 Å². The minimum absolute atomic E-state index is 0.166. The zero-order valence-electron chi connectivity index (χ0n) is 14.5. The Morgan fingerprint density at radius 2 is 2.08 bits per heavy atom. The molecule has 3 heterocycles. The molecule has 0 bridgehead atoms. The van der Waals surface area contributed by atoms with Crippen LogP contribution in [0.2, 0.25) is 0 Å². The Balaban J connectivity index is 1.51. The first-order chi connectivity index (χ1) is 12.7. The van der Waals surface area contributed by atoms with Gasteiger partial charge in [-0.25, -0.2) is 0 Å². The summed E-state index contributed by atoms with van der Waals surface area (Å²) in [4.78, 5) is 14.5. The number of carbonyl (C=O) groups excluding carboxylic acids is 1. The number of aromatic nitrogens is 3. The molecule has 1 unspecified atom stereocenters. The second-order valence-corrected chi connectivity index (χ2v) is 6.38. The van der Waals surface area contributed by atoms with Gasteiger partial charge in [0.05, 0.1) is 30.6 Å². The van der Waals surface area contributed by atoms with Gasteiger partial charge in [-0.05, 0) is 12.5 Å². The molecule has 7 nitrogen and oxygen atoms in total. The average Bonchev–Trinajstić information content (AvgIpc) is 3.34. The van der Waals surface area contributed by atoms with Crippen LogP contribution in [-0.2, 0) is 13.1 Å². The summed E-state index contributed by atoms with van der Waals surface area (Å²) in [5, 5.41) is 18.3. The van der Waals surface area contributed by atoms with E-state index in [0.29, 0.717) is 43.2 Å². The zero-order valence-corrected chi connectivity index (χ0v) is 14.5. The molecule has 1 aliphatic heterocycles. The van der Waals surface area contributed by atoms with E-state index >= 15 is 0 Å². The number of rotatable bonds is 4. The Morgan fingerprint density at radius 1 is 1.27 bits per heavy atom. The zero-order chi connectivity index (χ0) is 18.1. The lowest BCUT2D eigenvalue weighted by molar-refractivity contribution is 0.0695. The molecule has 1 aliphatic rings. The molecular formula is C19H20N4O3. The van der Waals surface area contributed by atoms with Crippen LogP contribution in [0.1, 0.15) is 41.3 Å². The Morgan fingerprint density at radius 3 is 2.85 bits per heavy atom. The number of nitrogens with zero attached hydrogens (tertiary/aromatic N) is 4. The summed E-state index contributed by atoms with van der Waals surface area (Å²) < 4.78 is 7.19. The van der Waals surface area contributed by atoms with Crippen LogP contribution < -0.4 is 0 Å². The van der Waals surface area contributed by atoms with Gasteiger partial charge in [0, 0.05) is 18.2 Å². The molecule has 2 aromatic heterocycles. The molecule has 0 saturated carbocycles. The molecule has 1 aromatic carbocycles. The molecule has 134 valence electrons. The van der Waals surface area contributed by atoms with Crippen molar-refractivity contribution in [2.45, 2.75) is 32.5 Å². The molecule has 0 radical (unpaired) electrons. The van der Waals surface area contributed by atoms with Crippen molar-refractivity contribution in [2.24, 2.45) is 0 Å². The maximum Gasteiger partial charge on any atom is 0.276 e. The molecule has 26 heavy (non-hydrogen) atoms. The summed E-state index contributed by atoms with van der Waals surface area (Å²) in [7, 11) is 0. The van der Waals surface area contributed by atoms with E-state index in [1.165, 1.54) is 0 Å². The molecule has 0 fully saturated rings. The first-order valence-corrected chi connectivity index (χ1v) is 8.72. The molecule has 1 N–H and O–H groups in total. The van der Waals surface area contributed by atoms with Crippen LogP contribution in [0, 0.1) is 0 Å². The smallest absolute Gasteiger partial charge is 0.276 e. The maximum absolute atomic E-state index is 12.8. The quantitative estimate of drug-likeness (QED) is 0.780. The van der Waals surface area contributed by atoms with Gasteiger partial charge < -0.3 is 14.5 Å². The first-order valence-electron chi connectivity index (χ1n) is 8.72. The minimum atomic E-state index is -0.568. The summed E-state index contributed by atoms with van der Waals surface area (Å²) in [5.41, 5.74) is 2.75. The highest BCUT2D eigenvalue weighted by Crippen LogP contribution is 2.23. The predicted molar refractivity (Wildman–Crippen MR) is 94.2 cm³/mol. The van der Waals surface area contributed by atoms with E-state index in [4.69, 9.17) is 4.52 Å². The summed E-state index contributed by atoms with van der Waals surface area (Å²) >= 11 is 0. The molecule has 0 saturated heterocycles. The van der Waals surface area contributed by atoms with Crippen LogP contribution >= 0.6 is 0 Å². The fraction of sp³-hybridized carbons (Fsp3) is 0.316. The van der Waals surface area contributed by atoms with Crippen LogP contribution in [0.25, 0.3) is 11.3 Å². The van der Waals surface area contributed by atoms with Crippen molar-refractivity contribution in [3.63, 3.8) is 0 Å². The Bertz CT molecular complexity index is 916. The molecular weight excluding hydrogens is 332 g/mol. The summed E-state index contributed by atoms with van der Waals surface area (Å²) in [6, 6.07) is 13.1. The lowest BCUT2D eigenvalue weighted by Gasteiger charge is -2.26. The van der Waals surface area contributed by atoms with Gasteiger partial charge in [0.1, 0.15) is 0 Å². The van der Waals surface area contributed by atoms with E-state index in [2.05, 4.69) is 10.3 Å². The van der Waals surface area contributed by atoms with E-state index in [9.17, 15) is 9.90 Å². The normalized spacial score (nSPS) is 14.9. The van der Waals surface area contributed by atoms with E-state index in [-0.39, 0.29) is 5.91 Å². The van der Waals surface area contributed by atoms with Gasteiger partial charge in [-0.3, -0.25) is 9.48 Å². The van der Waals surface area contributed by atoms with Gasteiger partial charge >= 0.3 is 0 Å². The van der Waals surface area contributed by atoms with Crippen molar-refractivity contribution >= 4 is 5.91 Å². The highest BCUT2D eigenvalue weighted by atomic mass is 16.5. The first kappa shape index (κ1) is 16.5. The van der Waals surface area contributed by atoms with E-state index in [0.717, 1.165) is 11.3 Å². The number of amides is 1. The van der Waals surface area contributed by atoms with Gasteiger partial charge in [0.25, 0.3) is 5.91 Å². The van der Waals surface area contributed by atoms with E-state index < -0.39 is 6.10 Å². The van der Waals surface area contributed by atoms with Crippen LogP contribution in [0.4, 0.5) is 0 Å². The fourth-order valence-electron chi connectivity index (χ4n) is 3.11. The second-order valence-electron chi connectivity index (χ2n) is 6.38. The Kier molecular flexibility index (Phi) is 4.30. The van der Waals surface area contributed by atoms with Gasteiger partial charge in [0.15, 0.2) is 11.5 Å². The van der Waals surface area contributed by atoms with Crippen LogP contribution in [0.3, 0.4) is 0 Å². The standard InChI is InChI=1S/C19H20N4O3/c1-2-17(24)15-10-14-12-22(8-9-23(14)20-15)19(25)16-11-18(26-21-16)13-6-4-3-5-7-13/h3-7,10-11,17,24H,2,8-9,12H2,1H3. The van der Waals surface area contributed by atoms with Gasteiger partial charge in [-0.2, -0.15) is 5.10 Å². The third-order valence-electron chi connectivity index (χ3n) is 4.62. The largest absolute Gasteiger partial charge is 0.387 e. The molecule has 7 heteroatoms. The summed E-state index contributed by atoms with van der Waals surface area (Å²) in [6.45, 7) is 3.49. The van der Waals surface area contributed by atoms with Crippen LogP contribution in [-0.4, -0.2) is 37.4 Å². The van der Waals surface area contributed by atoms with Gasteiger partial charge in [-0.15, -0.1) is 0 Å². The third-order valence-corrected chi connectivity index (χ3v) is 4.62. The third kappa shape index (κ3) is 3.01. The van der Waals surface area contributed by atoms with Crippen molar-refractivity contribution in [3.05, 3.63) is 59.5 Å². The maximum atomic E-state index is 12.8. The van der Waals surface area contributed by atoms with E-state index in [1.807, 2.05) is 48.0 Å². The average molecular weight is 352 g/mol. The fourth-order valence-corrected chi connectivity index (χ4v) is 3.11. The summed E-state index contributed by atoms with van der Waals surface area (Å²) in [6.07, 6.45) is 0.0431. The van der Waals surface area contributed by atoms with E-state index in [1.54, 1.807) is 11.0 Å². The topological polar surface area (TPSA) is 84.4 Å². The number of hydrogen-bond donors (Lipinski definition) is 1. The number of hydrogen-bond acceptors (Lipinski definition) is 5. The predicted octanol–water partition coefficient (Wildman–Crippen LogP) is 2.64. The highest BCUT2D eigenvalue weighted by Gasteiger charge is 2.26. The lowest BCUT2D eigenvalue weighted by atomic mass is 10.1. The Hall–Kier alpha value is -2.93.